The molecule has 0 aliphatic carbocycles. The summed E-state index contributed by atoms with van der Waals surface area (Å²) in [6.07, 6.45) is -0.931. The first kappa shape index (κ1) is 15.1. The van der Waals surface area contributed by atoms with Crippen molar-refractivity contribution in [2.75, 3.05) is 19.7 Å². The molecule has 1 heterocycles. The summed E-state index contributed by atoms with van der Waals surface area (Å²) < 4.78 is 5.07. The molecule has 20 heavy (non-hydrogen) atoms. The number of rotatable bonds is 3. The Morgan fingerprint density at radius 2 is 2.00 bits per heavy atom. The predicted octanol–water partition coefficient (Wildman–Crippen LogP) is 1.85. The minimum absolute atomic E-state index is 0.0379. The summed E-state index contributed by atoms with van der Waals surface area (Å²) in [6.45, 7) is 0.611. The fourth-order valence-electron chi connectivity index (χ4n) is 1.99. The third-order valence-electron chi connectivity index (χ3n) is 3.08. The van der Waals surface area contributed by atoms with E-state index >= 15 is 0 Å². The number of nitrogens with zero attached hydrogens (tertiary/aromatic N) is 1. The number of halogens is 2. The maximum Gasteiger partial charge on any atom is 0.334 e. The molecule has 0 radical (unpaired) electrons. The molecule has 0 spiro atoms. The van der Waals surface area contributed by atoms with Gasteiger partial charge in [-0.1, -0.05) is 29.3 Å². The maximum absolute atomic E-state index is 12.2. The number of hydrogen-bond acceptors (Lipinski definition) is 3. The number of amides is 1. The lowest BCUT2D eigenvalue weighted by molar-refractivity contribution is -0.159. The van der Waals surface area contributed by atoms with Crippen LogP contribution >= 0.6 is 23.2 Å². The topological polar surface area (TPSA) is 66.8 Å². The second kappa shape index (κ2) is 6.43. The fourth-order valence-corrected chi connectivity index (χ4v) is 2.52. The molecule has 1 amide bonds. The Labute approximate surface area is 126 Å². The first-order valence-corrected chi connectivity index (χ1v) is 6.79. The van der Waals surface area contributed by atoms with Gasteiger partial charge >= 0.3 is 5.97 Å². The van der Waals surface area contributed by atoms with Gasteiger partial charge in [0.05, 0.1) is 19.6 Å². The van der Waals surface area contributed by atoms with Gasteiger partial charge in [0.2, 0.25) is 5.91 Å². The molecule has 1 fully saturated rings. The van der Waals surface area contributed by atoms with Crippen LogP contribution in [0.4, 0.5) is 0 Å². The Bertz CT molecular complexity index is 515. The fraction of sp³-hybridized carbons (Fsp3) is 0.385. The van der Waals surface area contributed by atoms with Crippen molar-refractivity contribution < 1.29 is 19.4 Å². The van der Waals surface area contributed by atoms with E-state index in [0.717, 1.165) is 0 Å². The van der Waals surface area contributed by atoms with Crippen LogP contribution in [0.3, 0.4) is 0 Å². The van der Waals surface area contributed by atoms with Gasteiger partial charge in [0.25, 0.3) is 0 Å². The highest BCUT2D eigenvalue weighted by atomic mass is 35.5. The van der Waals surface area contributed by atoms with Crippen molar-refractivity contribution in [2.45, 2.75) is 12.5 Å². The maximum atomic E-state index is 12.2. The van der Waals surface area contributed by atoms with Crippen LogP contribution in [0.5, 0.6) is 0 Å². The standard InChI is InChI=1S/C13H13Cl2NO4/c14-9-2-1-3-10(15)8(9)6-12(17)16-4-5-20-11(7-16)13(18)19/h1-3,11H,4-7H2,(H,18,19)/t11-/m1/s1. The van der Waals surface area contributed by atoms with Gasteiger partial charge in [-0.05, 0) is 17.7 Å². The number of morpholine rings is 1. The Balaban J connectivity index is 2.06. The number of benzene rings is 1. The molecule has 1 aromatic rings. The molecule has 0 saturated carbocycles. The van der Waals surface area contributed by atoms with Crippen LogP contribution in [0.2, 0.25) is 10.0 Å². The smallest absolute Gasteiger partial charge is 0.334 e. The first-order valence-electron chi connectivity index (χ1n) is 6.04. The van der Waals surface area contributed by atoms with Crippen LogP contribution < -0.4 is 0 Å². The third-order valence-corrected chi connectivity index (χ3v) is 3.79. The van der Waals surface area contributed by atoms with Gasteiger partial charge in [-0.2, -0.15) is 0 Å². The number of ether oxygens (including phenoxy) is 1. The highest BCUT2D eigenvalue weighted by Crippen LogP contribution is 2.25. The molecule has 1 aromatic carbocycles. The number of carbonyl (C=O) groups excluding carboxylic acids is 1. The largest absolute Gasteiger partial charge is 0.479 e. The van der Waals surface area contributed by atoms with E-state index in [1.165, 1.54) is 4.90 Å². The molecule has 0 bridgehead atoms. The van der Waals surface area contributed by atoms with Gasteiger partial charge in [-0.15, -0.1) is 0 Å². The van der Waals surface area contributed by atoms with E-state index in [2.05, 4.69) is 0 Å². The van der Waals surface area contributed by atoms with Crippen LogP contribution in [-0.4, -0.2) is 47.7 Å². The highest BCUT2D eigenvalue weighted by molar-refractivity contribution is 6.36. The highest BCUT2D eigenvalue weighted by Gasteiger charge is 2.29. The predicted molar refractivity (Wildman–Crippen MR) is 74.1 cm³/mol. The van der Waals surface area contributed by atoms with Gasteiger partial charge in [0.15, 0.2) is 6.10 Å². The summed E-state index contributed by atoms with van der Waals surface area (Å²) >= 11 is 12.0. The number of carbonyl (C=O) groups is 2. The molecule has 1 saturated heterocycles. The Morgan fingerprint density at radius 3 is 2.60 bits per heavy atom. The van der Waals surface area contributed by atoms with Crippen LogP contribution in [0.15, 0.2) is 18.2 Å². The molecule has 0 unspecified atom stereocenters. The summed E-state index contributed by atoms with van der Waals surface area (Å²) in [4.78, 5) is 24.5. The molecule has 108 valence electrons. The zero-order valence-electron chi connectivity index (χ0n) is 10.5. The van der Waals surface area contributed by atoms with Gasteiger partial charge in [-0.3, -0.25) is 4.79 Å². The van der Waals surface area contributed by atoms with Crippen molar-refractivity contribution in [3.05, 3.63) is 33.8 Å². The van der Waals surface area contributed by atoms with E-state index in [1.807, 2.05) is 0 Å². The lowest BCUT2D eigenvalue weighted by Gasteiger charge is -2.31. The molecule has 5 nitrogen and oxygen atoms in total. The van der Waals surface area contributed by atoms with E-state index < -0.39 is 12.1 Å². The molecular formula is C13H13Cl2NO4. The number of carboxylic acids is 1. The minimum atomic E-state index is -1.07. The third kappa shape index (κ3) is 3.42. The van der Waals surface area contributed by atoms with Crippen LogP contribution in [0, 0.1) is 0 Å². The normalized spacial score (nSPS) is 18.9. The molecule has 7 heteroatoms. The van der Waals surface area contributed by atoms with Crippen molar-refractivity contribution in [1.82, 2.24) is 4.90 Å². The molecule has 1 aliphatic rings. The van der Waals surface area contributed by atoms with Crippen molar-refractivity contribution in [1.29, 1.82) is 0 Å². The van der Waals surface area contributed by atoms with E-state index in [-0.39, 0.29) is 25.5 Å². The number of carboxylic acid groups (broad SMARTS) is 1. The molecule has 2 rings (SSSR count). The Kier molecular flexibility index (Phi) is 4.86. The summed E-state index contributed by atoms with van der Waals surface area (Å²) in [5, 5.41) is 9.76. The molecular weight excluding hydrogens is 305 g/mol. The Hall–Kier alpha value is -1.30. The van der Waals surface area contributed by atoms with E-state index in [1.54, 1.807) is 18.2 Å². The summed E-state index contributed by atoms with van der Waals surface area (Å²) in [7, 11) is 0. The number of hydrogen-bond donors (Lipinski definition) is 1. The quantitative estimate of drug-likeness (QED) is 0.923. The van der Waals surface area contributed by atoms with Gasteiger partial charge in [0.1, 0.15) is 0 Å². The first-order chi connectivity index (χ1) is 9.49. The van der Waals surface area contributed by atoms with Crippen molar-refractivity contribution >= 4 is 35.1 Å². The van der Waals surface area contributed by atoms with Gasteiger partial charge < -0.3 is 14.7 Å². The molecule has 1 aliphatic heterocycles. The monoisotopic (exact) mass is 317 g/mol. The zero-order chi connectivity index (χ0) is 14.7. The average molecular weight is 318 g/mol. The average Bonchev–Trinajstić information content (AvgIpc) is 2.43. The van der Waals surface area contributed by atoms with Crippen molar-refractivity contribution in [2.24, 2.45) is 0 Å². The minimum Gasteiger partial charge on any atom is -0.479 e. The van der Waals surface area contributed by atoms with Crippen molar-refractivity contribution in [3.8, 4) is 0 Å². The second-order valence-electron chi connectivity index (χ2n) is 4.41. The second-order valence-corrected chi connectivity index (χ2v) is 5.23. The zero-order valence-corrected chi connectivity index (χ0v) is 12.0. The summed E-state index contributed by atoms with van der Waals surface area (Å²) in [5.74, 6) is -1.28. The number of aliphatic carboxylic acids is 1. The molecule has 1 N–H and O–H groups in total. The van der Waals surface area contributed by atoms with Crippen LogP contribution in [0.1, 0.15) is 5.56 Å². The lowest BCUT2D eigenvalue weighted by Crippen LogP contribution is -2.49. The van der Waals surface area contributed by atoms with E-state index in [9.17, 15) is 9.59 Å². The van der Waals surface area contributed by atoms with E-state index in [0.29, 0.717) is 22.2 Å². The molecule has 0 aromatic heterocycles. The van der Waals surface area contributed by atoms with Crippen LogP contribution in [-0.2, 0) is 20.7 Å². The van der Waals surface area contributed by atoms with Crippen LogP contribution in [0.25, 0.3) is 0 Å². The SMILES string of the molecule is O=C(O)[C@H]1CN(C(=O)Cc2c(Cl)cccc2Cl)CCO1. The van der Waals surface area contributed by atoms with E-state index in [4.69, 9.17) is 33.0 Å². The molecule has 1 atom stereocenters. The Morgan fingerprint density at radius 1 is 1.35 bits per heavy atom. The van der Waals surface area contributed by atoms with Gasteiger partial charge in [-0.25, -0.2) is 4.79 Å². The summed E-state index contributed by atoms with van der Waals surface area (Å²) in [5.41, 5.74) is 0.555. The van der Waals surface area contributed by atoms with Crippen molar-refractivity contribution in [3.63, 3.8) is 0 Å². The van der Waals surface area contributed by atoms with Gasteiger partial charge in [0, 0.05) is 16.6 Å². The summed E-state index contributed by atoms with van der Waals surface area (Å²) in [6, 6.07) is 5.03. The lowest BCUT2D eigenvalue weighted by atomic mass is 10.1.